The molecule has 1 fully saturated rings. The largest absolute Gasteiger partial charge is 0.264 e. The Morgan fingerprint density at radius 1 is 1.35 bits per heavy atom. The van der Waals surface area contributed by atoms with Gasteiger partial charge in [0.15, 0.2) is 15.7 Å². The third-order valence-corrected chi connectivity index (χ3v) is 5.77. The number of hydrogen-bond donors (Lipinski definition) is 0. The van der Waals surface area contributed by atoms with Crippen molar-refractivity contribution in [2.45, 2.75) is 32.1 Å². The van der Waals surface area contributed by atoms with Crippen LogP contribution >= 0.6 is 0 Å². The Bertz CT molecular complexity index is 881. The average Bonchev–Trinajstić information content (AvgIpc) is 3.19. The van der Waals surface area contributed by atoms with Gasteiger partial charge in [-0.2, -0.15) is 5.10 Å². The maximum atomic E-state index is 11.6. The van der Waals surface area contributed by atoms with Crippen molar-refractivity contribution in [3.8, 4) is 5.69 Å². The van der Waals surface area contributed by atoms with Crippen molar-refractivity contribution in [2.24, 2.45) is 5.92 Å². The van der Waals surface area contributed by atoms with E-state index in [1.165, 1.54) is 5.41 Å². The van der Waals surface area contributed by atoms with Crippen molar-refractivity contribution in [3.63, 3.8) is 0 Å². The smallest absolute Gasteiger partial charge is 0.171 e. The minimum Gasteiger partial charge on any atom is -0.264 e. The number of aromatic nitrogens is 4. The predicted octanol–water partition coefficient (Wildman–Crippen LogP) is 1.95. The van der Waals surface area contributed by atoms with Crippen LogP contribution in [0, 0.1) is 12.8 Å². The molecule has 0 unspecified atom stereocenters. The second kappa shape index (κ2) is 5.26. The van der Waals surface area contributed by atoms with E-state index in [1.807, 2.05) is 17.7 Å². The third kappa shape index (κ3) is 2.93. The molecule has 1 saturated carbocycles. The van der Waals surface area contributed by atoms with Crippen LogP contribution in [0.15, 0.2) is 29.9 Å². The molecule has 4 rings (SSSR count). The Balaban J connectivity index is 1.71. The fourth-order valence-corrected chi connectivity index (χ4v) is 4.31. The minimum atomic E-state index is -3.05. The number of nitrogens with zero attached hydrogens (tertiary/aromatic N) is 4. The first-order valence-electron chi connectivity index (χ1n) is 7.79. The van der Waals surface area contributed by atoms with Gasteiger partial charge in [0.2, 0.25) is 0 Å². The summed E-state index contributed by atoms with van der Waals surface area (Å²) < 4.78 is 25.1. The third-order valence-electron chi connectivity index (χ3n) is 4.30. The number of aryl methyl sites for hydroxylation is 1. The van der Waals surface area contributed by atoms with Crippen molar-refractivity contribution in [3.05, 3.63) is 47.2 Å². The highest BCUT2D eigenvalue weighted by atomic mass is 32.2. The molecular weight excluding hydrogens is 312 g/mol. The molecule has 0 radical (unpaired) electrons. The lowest BCUT2D eigenvalue weighted by Gasteiger charge is -2.10. The van der Waals surface area contributed by atoms with Gasteiger partial charge in [-0.25, -0.2) is 18.1 Å². The Labute approximate surface area is 135 Å². The first-order chi connectivity index (χ1) is 11.0. The fourth-order valence-electron chi connectivity index (χ4n) is 2.91. The highest BCUT2D eigenvalue weighted by Crippen LogP contribution is 2.38. The van der Waals surface area contributed by atoms with Crippen LogP contribution in [0.3, 0.4) is 0 Å². The van der Waals surface area contributed by atoms with Crippen LogP contribution in [-0.2, 0) is 16.3 Å². The fraction of sp³-hybridized carbons (Fsp3) is 0.438. The molecule has 2 aliphatic rings. The SMILES string of the molecule is Cc1cnccc1-n1nc(C2CC2)nc1C[C@@H]1C=CS(=O)(=O)C1. The van der Waals surface area contributed by atoms with Crippen LogP contribution in [0.5, 0.6) is 0 Å². The van der Waals surface area contributed by atoms with Crippen molar-refractivity contribution in [1.82, 2.24) is 19.7 Å². The molecule has 3 heterocycles. The van der Waals surface area contributed by atoms with Gasteiger partial charge in [-0.15, -0.1) is 0 Å². The quantitative estimate of drug-likeness (QED) is 0.856. The summed E-state index contributed by atoms with van der Waals surface area (Å²) in [5.41, 5.74) is 1.98. The zero-order valence-electron chi connectivity index (χ0n) is 12.9. The second-order valence-electron chi connectivity index (χ2n) is 6.36. The first kappa shape index (κ1) is 14.6. The normalized spacial score (nSPS) is 22.6. The van der Waals surface area contributed by atoms with Gasteiger partial charge in [0.1, 0.15) is 5.82 Å². The lowest BCUT2D eigenvalue weighted by molar-refractivity contribution is 0.593. The zero-order chi connectivity index (χ0) is 16.0. The number of hydrogen-bond acceptors (Lipinski definition) is 5. The topological polar surface area (TPSA) is 77.7 Å². The molecule has 0 amide bonds. The maximum Gasteiger partial charge on any atom is 0.171 e. The molecule has 7 heteroatoms. The second-order valence-corrected chi connectivity index (χ2v) is 8.29. The van der Waals surface area contributed by atoms with Crippen LogP contribution in [0.25, 0.3) is 5.69 Å². The van der Waals surface area contributed by atoms with E-state index in [9.17, 15) is 8.42 Å². The van der Waals surface area contributed by atoms with Crippen LogP contribution in [-0.4, -0.2) is 33.9 Å². The van der Waals surface area contributed by atoms with Crippen LogP contribution < -0.4 is 0 Å². The minimum absolute atomic E-state index is 0.0304. The van der Waals surface area contributed by atoms with Crippen molar-refractivity contribution in [1.29, 1.82) is 0 Å². The molecule has 120 valence electrons. The molecule has 0 saturated heterocycles. The van der Waals surface area contributed by atoms with Gasteiger partial charge in [0, 0.05) is 30.1 Å². The summed E-state index contributed by atoms with van der Waals surface area (Å²) in [6.45, 7) is 1.99. The molecule has 1 aliphatic carbocycles. The van der Waals surface area contributed by atoms with Crippen LogP contribution in [0.4, 0.5) is 0 Å². The highest BCUT2D eigenvalue weighted by molar-refractivity contribution is 7.94. The van der Waals surface area contributed by atoms with Gasteiger partial charge in [-0.1, -0.05) is 6.08 Å². The highest BCUT2D eigenvalue weighted by Gasteiger charge is 2.31. The Kier molecular flexibility index (Phi) is 3.33. The molecule has 2 aromatic heterocycles. The molecule has 0 N–H and O–H groups in total. The summed E-state index contributed by atoms with van der Waals surface area (Å²) >= 11 is 0. The van der Waals surface area contributed by atoms with Crippen LogP contribution in [0.1, 0.15) is 36.0 Å². The number of allylic oxidation sites excluding steroid dienone is 1. The predicted molar refractivity (Wildman–Crippen MR) is 86.0 cm³/mol. The molecule has 0 aromatic carbocycles. The number of pyridine rings is 1. The lowest BCUT2D eigenvalue weighted by atomic mass is 10.1. The van der Waals surface area contributed by atoms with Gasteiger partial charge in [-0.3, -0.25) is 4.98 Å². The summed E-state index contributed by atoms with van der Waals surface area (Å²) in [5, 5.41) is 6.00. The molecular formula is C16H18N4O2S. The lowest BCUT2D eigenvalue weighted by Crippen LogP contribution is -2.13. The van der Waals surface area contributed by atoms with E-state index in [4.69, 9.17) is 4.98 Å². The standard InChI is InChI=1S/C16H18N4O2S/c1-11-9-17-6-4-14(11)20-15(18-16(19-20)13-2-3-13)8-12-5-7-23(21,22)10-12/h4-7,9,12-13H,2-3,8,10H2,1H3/t12-/m0/s1. The van der Waals surface area contributed by atoms with E-state index in [1.54, 1.807) is 18.5 Å². The van der Waals surface area contributed by atoms with E-state index in [0.717, 1.165) is 35.7 Å². The van der Waals surface area contributed by atoms with Crippen molar-refractivity contribution < 1.29 is 8.42 Å². The molecule has 6 nitrogen and oxygen atoms in total. The zero-order valence-corrected chi connectivity index (χ0v) is 13.7. The van der Waals surface area contributed by atoms with E-state index >= 15 is 0 Å². The molecule has 2 aromatic rings. The van der Waals surface area contributed by atoms with Crippen molar-refractivity contribution >= 4 is 9.84 Å². The van der Waals surface area contributed by atoms with Crippen LogP contribution in [0.2, 0.25) is 0 Å². The van der Waals surface area contributed by atoms with E-state index in [0.29, 0.717) is 12.3 Å². The monoisotopic (exact) mass is 330 g/mol. The van der Waals surface area contributed by atoms with E-state index in [-0.39, 0.29) is 11.7 Å². The average molecular weight is 330 g/mol. The van der Waals surface area contributed by atoms with E-state index in [2.05, 4.69) is 10.1 Å². The van der Waals surface area contributed by atoms with Gasteiger partial charge in [-0.05, 0) is 37.3 Å². The molecule has 0 bridgehead atoms. The Hall–Kier alpha value is -2.02. The van der Waals surface area contributed by atoms with Gasteiger partial charge in [0.05, 0.1) is 11.4 Å². The summed E-state index contributed by atoms with van der Waals surface area (Å²) in [7, 11) is -3.05. The van der Waals surface area contributed by atoms with Gasteiger partial charge >= 0.3 is 0 Å². The number of rotatable bonds is 4. The number of sulfone groups is 1. The Morgan fingerprint density at radius 3 is 2.83 bits per heavy atom. The molecule has 0 spiro atoms. The van der Waals surface area contributed by atoms with E-state index < -0.39 is 9.84 Å². The van der Waals surface area contributed by atoms with Crippen molar-refractivity contribution in [2.75, 3.05) is 5.75 Å². The Morgan fingerprint density at radius 2 is 2.17 bits per heavy atom. The summed E-state index contributed by atoms with van der Waals surface area (Å²) in [4.78, 5) is 8.83. The molecule has 23 heavy (non-hydrogen) atoms. The van der Waals surface area contributed by atoms with Gasteiger partial charge in [0.25, 0.3) is 0 Å². The molecule has 1 aliphatic heterocycles. The van der Waals surface area contributed by atoms with Gasteiger partial charge < -0.3 is 0 Å². The summed E-state index contributed by atoms with van der Waals surface area (Å²) in [6.07, 6.45) is 8.16. The summed E-state index contributed by atoms with van der Waals surface area (Å²) in [5.74, 6) is 2.29. The molecule has 1 atom stereocenters. The first-order valence-corrected chi connectivity index (χ1v) is 9.51. The summed E-state index contributed by atoms with van der Waals surface area (Å²) in [6, 6.07) is 1.92. The maximum absolute atomic E-state index is 11.6.